The van der Waals surface area contributed by atoms with Crippen molar-refractivity contribution in [2.24, 2.45) is 5.73 Å². The lowest BCUT2D eigenvalue weighted by molar-refractivity contribution is 0.818. The fraction of sp³-hybridized carbons (Fsp3) is 0.222. The molecule has 0 saturated heterocycles. The van der Waals surface area contributed by atoms with E-state index < -0.39 is 0 Å². The first-order chi connectivity index (χ1) is 5.24. The van der Waals surface area contributed by atoms with Gasteiger partial charge in [0.05, 0.1) is 6.57 Å². The Labute approximate surface area is 66.5 Å². The van der Waals surface area contributed by atoms with Crippen LogP contribution in [0, 0.1) is 6.57 Å². The first-order valence-electron chi connectivity index (χ1n) is 3.47. The third-order valence-corrected chi connectivity index (χ3v) is 1.55. The first kappa shape index (κ1) is 7.77. The van der Waals surface area contributed by atoms with E-state index in [1.165, 1.54) is 0 Å². The molecule has 1 aromatic rings. The van der Waals surface area contributed by atoms with E-state index in [1.807, 2.05) is 19.1 Å². The normalized spacial score (nSPS) is 12.1. The second-order valence-corrected chi connectivity index (χ2v) is 2.49. The third kappa shape index (κ3) is 1.79. The monoisotopic (exact) mass is 146 g/mol. The van der Waals surface area contributed by atoms with Crippen molar-refractivity contribution < 1.29 is 0 Å². The molecule has 0 radical (unpaired) electrons. The summed E-state index contributed by atoms with van der Waals surface area (Å²) in [7, 11) is 0. The van der Waals surface area contributed by atoms with E-state index in [4.69, 9.17) is 12.3 Å². The van der Waals surface area contributed by atoms with E-state index in [0.717, 1.165) is 5.56 Å². The minimum atomic E-state index is 0.0507. The zero-order valence-corrected chi connectivity index (χ0v) is 6.41. The highest BCUT2D eigenvalue weighted by Crippen LogP contribution is 2.15. The molecule has 0 fully saturated rings. The van der Waals surface area contributed by atoms with Gasteiger partial charge in [-0.3, -0.25) is 0 Å². The minimum absolute atomic E-state index is 0.0507. The molecule has 0 aliphatic carbocycles. The second kappa shape index (κ2) is 3.18. The van der Waals surface area contributed by atoms with Gasteiger partial charge in [0.25, 0.3) is 0 Å². The van der Waals surface area contributed by atoms with Crippen molar-refractivity contribution in [1.29, 1.82) is 0 Å². The van der Waals surface area contributed by atoms with Crippen LogP contribution >= 0.6 is 0 Å². The summed E-state index contributed by atoms with van der Waals surface area (Å²) in [5.74, 6) is 0. The van der Waals surface area contributed by atoms with Crippen LogP contribution in [0.4, 0.5) is 5.69 Å². The maximum Gasteiger partial charge on any atom is 0.187 e. The van der Waals surface area contributed by atoms with Gasteiger partial charge in [0.1, 0.15) is 0 Å². The molecule has 0 amide bonds. The Morgan fingerprint density at radius 3 is 2.27 bits per heavy atom. The van der Waals surface area contributed by atoms with E-state index in [-0.39, 0.29) is 6.04 Å². The van der Waals surface area contributed by atoms with Crippen LogP contribution in [0.2, 0.25) is 0 Å². The molecule has 0 heterocycles. The topological polar surface area (TPSA) is 30.4 Å². The predicted octanol–water partition coefficient (Wildman–Crippen LogP) is 2.26. The molecule has 56 valence electrons. The van der Waals surface area contributed by atoms with Gasteiger partial charge in [0, 0.05) is 6.04 Å². The molecule has 11 heavy (non-hydrogen) atoms. The standard InChI is InChI=1S/C9H10N2/c1-7(10)8-3-5-9(11-2)6-4-8/h3-7H,10H2,1H3. The Morgan fingerprint density at radius 1 is 1.36 bits per heavy atom. The van der Waals surface area contributed by atoms with Gasteiger partial charge in [-0.1, -0.05) is 24.3 Å². The predicted molar refractivity (Wildman–Crippen MR) is 45.3 cm³/mol. The summed E-state index contributed by atoms with van der Waals surface area (Å²) in [6.07, 6.45) is 0. The van der Waals surface area contributed by atoms with Crippen molar-refractivity contribution in [1.82, 2.24) is 0 Å². The van der Waals surface area contributed by atoms with Gasteiger partial charge in [-0.05, 0) is 12.5 Å². The van der Waals surface area contributed by atoms with Crippen LogP contribution in [0.25, 0.3) is 4.85 Å². The summed E-state index contributed by atoms with van der Waals surface area (Å²) < 4.78 is 0. The number of rotatable bonds is 1. The first-order valence-corrected chi connectivity index (χ1v) is 3.47. The van der Waals surface area contributed by atoms with Gasteiger partial charge in [-0.2, -0.15) is 0 Å². The fourth-order valence-corrected chi connectivity index (χ4v) is 0.852. The Balaban J connectivity index is 2.94. The van der Waals surface area contributed by atoms with Crippen LogP contribution < -0.4 is 5.73 Å². The van der Waals surface area contributed by atoms with Crippen LogP contribution in [0.15, 0.2) is 24.3 Å². The molecule has 0 saturated carbocycles. The molecular weight excluding hydrogens is 136 g/mol. The average Bonchev–Trinajstić information content (AvgIpc) is 2.05. The highest BCUT2D eigenvalue weighted by molar-refractivity contribution is 5.45. The lowest BCUT2D eigenvalue weighted by Crippen LogP contribution is -2.03. The molecule has 0 aromatic heterocycles. The Kier molecular flexibility index (Phi) is 2.25. The van der Waals surface area contributed by atoms with Gasteiger partial charge >= 0.3 is 0 Å². The minimum Gasteiger partial charge on any atom is -0.324 e. The molecule has 0 aliphatic rings. The Hall–Kier alpha value is -1.33. The second-order valence-electron chi connectivity index (χ2n) is 2.49. The molecule has 1 rings (SSSR count). The van der Waals surface area contributed by atoms with Gasteiger partial charge in [0.2, 0.25) is 0 Å². The van der Waals surface area contributed by atoms with Crippen molar-refractivity contribution in [3.63, 3.8) is 0 Å². The Bertz CT molecular complexity index is 267. The van der Waals surface area contributed by atoms with Crippen molar-refractivity contribution >= 4 is 5.69 Å². The van der Waals surface area contributed by atoms with Crippen LogP contribution in [-0.4, -0.2) is 0 Å². The molecule has 2 nitrogen and oxygen atoms in total. The summed E-state index contributed by atoms with van der Waals surface area (Å²) in [6, 6.07) is 7.39. The van der Waals surface area contributed by atoms with Gasteiger partial charge < -0.3 is 5.73 Å². The quantitative estimate of drug-likeness (QED) is 0.605. The van der Waals surface area contributed by atoms with Crippen molar-refractivity contribution in [3.8, 4) is 0 Å². The number of hydrogen-bond donors (Lipinski definition) is 1. The molecule has 2 N–H and O–H groups in total. The number of hydrogen-bond acceptors (Lipinski definition) is 1. The maximum absolute atomic E-state index is 6.72. The summed E-state index contributed by atoms with van der Waals surface area (Å²) >= 11 is 0. The highest BCUT2D eigenvalue weighted by Gasteiger charge is 1.97. The van der Waals surface area contributed by atoms with Crippen LogP contribution in [0.1, 0.15) is 18.5 Å². The van der Waals surface area contributed by atoms with Crippen molar-refractivity contribution in [2.45, 2.75) is 13.0 Å². The number of nitrogens with zero attached hydrogens (tertiary/aromatic N) is 1. The van der Waals surface area contributed by atoms with Gasteiger partial charge in [-0.15, -0.1) is 0 Å². The summed E-state index contributed by atoms with van der Waals surface area (Å²) in [6.45, 7) is 8.64. The van der Waals surface area contributed by atoms with E-state index in [9.17, 15) is 0 Å². The summed E-state index contributed by atoms with van der Waals surface area (Å²) in [5, 5.41) is 0. The lowest BCUT2D eigenvalue weighted by Gasteiger charge is -2.03. The summed E-state index contributed by atoms with van der Waals surface area (Å²) in [5.41, 5.74) is 7.36. The molecule has 0 bridgehead atoms. The van der Waals surface area contributed by atoms with E-state index in [1.54, 1.807) is 12.1 Å². The summed E-state index contributed by atoms with van der Waals surface area (Å²) in [4.78, 5) is 3.28. The zero-order valence-electron chi connectivity index (χ0n) is 6.41. The van der Waals surface area contributed by atoms with Crippen LogP contribution in [-0.2, 0) is 0 Å². The molecular formula is C9H10N2. The molecule has 2 heteroatoms. The maximum atomic E-state index is 6.72. The van der Waals surface area contributed by atoms with Crippen LogP contribution in [0.5, 0.6) is 0 Å². The van der Waals surface area contributed by atoms with E-state index in [0.29, 0.717) is 5.69 Å². The van der Waals surface area contributed by atoms with Crippen molar-refractivity contribution in [2.75, 3.05) is 0 Å². The number of benzene rings is 1. The van der Waals surface area contributed by atoms with E-state index >= 15 is 0 Å². The van der Waals surface area contributed by atoms with Gasteiger partial charge in [-0.25, -0.2) is 4.85 Å². The highest BCUT2D eigenvalue weighted by atomic mass is 14.6. The van der Waals surface area contributed by atoms with Crippen molar-refractivity contribution in [3.05, 3.63) is 41.2 Å². The average molecular weight is 146 g/mol. The number of nitrogens with two attached hydrogens (primary N) is 1. The third-order valence-electron chi connectivity index (χ3n) is 1.55. The largest absolute Gasteiger partial charge is 0.324 e. The molecule has 1 aromatic carbocycles. The zero-order chi connectivity index (χ0) is 8.27. The molecule has 0 spiro atoms. The molecule has 1 atom stereocenters. The van der Waals surface area contributed by atoms with Crippen LogP contribution in [0.3, 0.4) is 0 Å². The van der Waals surface area contributed by atoms with E-state index in [2.05, 4.69) is 4.85 Å². The lowest BCUT2D eigenvalue weighted by atomic mass is 10.1. The smallest absolute Gasteiger partial charge is 0.187 e. The molecule has 1 unspecified atom stereocenters. The SMILES string of the molecule is [C-]#[N+]c1ccc(C(C)N)cc1. The van der Waals surface area contributed by atoms with Gasteiger partial charge in [0.15, 0.2) is 5.69 Å². The molecule has 0 aliphatic heterocycles. The fourth-order valence-electron chi connectivity index (χ4n) is 0.852. The Morgan fingerprint density at radius 2 is 1.91 bits per heavy atom.